The van der Waals surface area contributed by atoms with E-state index in [2.05, 4.69) is 4.74 Å². The maximum Gasteiger partial charge on any atom is 0.302 e. The number of rotatable bonds is 3. The zero-order chi connectivity index (χ0) is 6.41. The standard InChI is InChI=1S/C5H12O2Si/c1-5(6)7-3-2-4-8/h2-4H2,1,8H3. The Morgan fingerprint density at radius 1 is 1.75 bits per heavy atom. The first-order valence-electron chi connectivity index (χ1n) is 2.90. The van der Waals surface area contributed by atoms with Gasteiger partial charge in [-0.05, 0) is 6.42 Å². The Morgan fingerprint density at radius 2 is 2.38 bits per heavy atom. The molecule has 0 rings (SSSR count). The largest absolute Gasteiger partial charge is 0.466 e. The fourth-order valence-electron chi connectivity index (χ4n) is 0.360. The molecule has 2 nitrogen and oxygen atoms in total. The number of esters is 1. The first-order valence-corrected chi connectivity index (χ1v) is 4.32. The van der Waals surface area contributed by atoms with Crippen molar-refractivity contribution in [1.29, 1.82) is 0 Å². The summed E-state index contributed by atoms with van der Waals surface area (Å²) in [6, 6.07) is 1.22. The van der Waals surface area contributed by atoms with Crippen LogP contribution in [0.3, 0.4) is 0 Å². The second-order valence-corrected chi connectivity index (χ2v) is 2.69. The van der Waals surface area contributed by atoms with Crippen LogP contribution in [-0.2, 0) is 9.53 Å². The van der Waals surface area contributed by atoms with E-state index < -0.39 is 0 Å². The zero-order valence-corrected chi connectivity index (χ0v) is 7.44. The smallest absolute Gasteiger partial charge is 0.302 e. The van der Waals surface area contributed by atoms with Crippen molar-refractivity contribution in [2.45, 2.75) is 19.4 Å². The Hall–Kier alpha value is -0.313. The lowest BCUT2D eigenvalue weighted by atomic mass is 10.5. The van der Waals surface area contributed by atoms with E-state index in [1.165, 1.54) is 23.2 Å². The highest BCUT2D eigenvalue weighted by atomic mass is 28.1. The molecule has 0 bridgehead atoms. The third-order valence-electron chi connectivity index (χ3n) is 0.803. The normalized spacial score (nSPS) is 9.12. The summed E-state index contributed by atoms with van der Waals surface area (Å²) in [6.45, 7) is 2.05. The fraction of sp³-hybridized carbons (Fsp3) is 0.800. The first-order chi connectivity index (χ1) is 3.77. The van der Waals surface area contributed by atoms with Gasteiger partial charge in [-0.3, -0.25) is 4.79 Å². The van der Waals surface area contributed by atoms with Crippen molar-refractivity contribution < 1.29 is 9.53 Å². The topological polar surface area (TPSA) is 26.3 Å². The van der Waals surface area contributed by atoms with Gasteiger partial charge in [0.15, 0.2) is 0 Å². The van der Waals surface area contributed by atoms with Crippen LogP contribution in [-0.4, -0.2) is 22.8 Å². The summed E-state index contributed by atoms with van der Waals surface area (Å²) in [4.78, 5) is 10.1. The van der Waals surface area contributed by atoms with Crippen LogP contribution >= 0.6 is 0 Å². The summed E-state index contributed by atoms with van der Waals surface area (Å²) in [5, 5.41) is 0. The molecule has 0 aliphatic carbocycles. The van der Waals surface area contributed by atoms with E-state index in [0.717, 1.165) is 6.42 Å². The average Bonchev–Trinajstić information content (AvgIpc) is 1.66. The number of hydrogen-bond donors (Lipinski definition) is 0. The minimum absolute atomic E-state index is 0.167. The van der Waals surface area contributed by atoms with Gasteiger partial charge in [-0.1, -0.05) is 6.04 Å². The van der Waals surface area contributed by atoms with Crippen LogP contribution in [0.1, 0.15) is 13.3 Å². The third kappa shape index (κ3) is 5.69. The van der Waals surface area contributed by atoms with E-state index in [9.17, 15) is 4.79 Å². The van der Waals surface area contributed by atoms with Gasteiger partial charge in [0.1, 0.15) is 0 Å². The van der Waals surface area contributed by atoms with E-state index in [-0.39, 0.29) is 5.97 Å². The summed E-state index contributed by atoms with van der Waals surface area (Å²) in [6.07, 6.45) is 1.03. The third-order valence-corrected chi connectivity index (χ3v) is 1.51. The summed E-state index contributed by atoms with van der Waals surface area (Å²) < 4.78 is 4.67. The highest BCUT2D eigenvalue weighted by molar-refractivity contribution is 6.08. The predicted molar refractivity (Wildman–Crippen MR) is 36.0 cm³/mol. The molecule has 0 aliphatic heterocycles. The van der Waals surface area contributed by atoms with Crippen LogP contribution in [0.2, 0.25) is 6.04 Å². The van der Waals surface area contributed by atoms with E-state index >= 15 is 0 Å². The maximum atomic E-state index is 10.1. The first kappa shape index (κ1) is 7.69. The van der Waals surface area contributed by atoms with Crippen LogP contribution in [0.4, 0.5) is 0 Å². The minimum atomic E-state index is -0.167. The lowest BCUT2D eigenvalue weighted by Crippen LogP contribution is -1.99. The van der Waals surface area contributed by atoms with Crippen molar-refractivity contribution in [2.75, 3.05) is 6.61 Å². The molecule has 0 aromatic rings. The molecule has 48 valence electrons. The van der Waals surface area contributed by atoms with Gasteiger partial charge in [-0.2, -0.15) is 0 Å². The molecule has 8 heavy (non-hydrogen) atoms. The van der Waals surface area contributed by atoms with Gasteiger partial charge in [0.05, 0.1) is 6.61 Å². The van der Waals surface area contributed by atoms with Crippen molar-refractivity contribution in [3.05, 3.63) is 0 Å². The Balaban J connectivity index is 2.82. The van der Waals surface area contributed by atoms with Crippen LogP contribution in [0.15, 0.2) is 0 Å². The quantitative estimate of drug-likeness (QED) is 0.300. The Morgan fingerprint density at radius 3 is 2.75 bits per heavy atom. The molecular formula is C5H12O2Si. The molecular weight excluding hydrogens is 120 g/mol. The molecule has 0 saturated carbocycles. The molecule has 0 amide bonds. The maximum absolute atomic E-state index is 10.1. The predicted octanol–water partition coefficient (Wildman–Crippen LogP) is -0.277. The Kier molecular flexibility index (Phi) is 4.65. The molecule has 0 aromatic carbocycles. The van der Waals surface area contributed by atoms with Crippen molar-refractivity contribution in [2.24, 2.45) is 0 Å². The highest BCUT2D eigenvalue weighted by Gasteiger charge is 1.88. The molecule has 3 heteroatoms. The van der Waals surface area contributed by atoms with Gasteiger partial charge in [-0.25, -0.2) is 0 Å². The average molecular weight is 132 g/mol. The van der Waals surface area contributed by atoms with Crippen molar-refractivity contribution >= 4 is 16.2 Å². The van der Waals surface area contributed by atoms with Crippen molar-refractivity contribution in [3.63, 3.8) is 0 Å². The van der Waals surface area contributed by atoms with E-state index in [4.69, 9.17) is 0 Å². The van der Waals surface area contributed by atoms with Crippen LogP contribution in [0.25, 0.3) is 0 Å². The van der Waals surface area contributed by atoms with Gasteiger partial charge in [0.2, 0.25) is 0 Å². The SMILES string of the molecule is CC(=O)OCCC[SiH3]. The summed E-state index contributed by atoms with van der Waals surface area (Å²) >= 11 is 0. The molecule has 0 atom stereocenters. The van der Waals surface area contributed by atoms with Gasteiger partial charge in [-0.15, -0.1) is 0 Å². The lowest BCUT2D eigenvalue weighted by Gasteiger charge is -1.96. The van der Waals surface area contributed by atoms with Crippen LogP contribution in [0.5, 0.6) is 0 Å². The Labute approximate surface area is 52.6 Å². The molecule has 0 heterocycles. The Bertz CT molecular complexity index is 72.8. The molecule has 0 radical (unpaired) electrons. The van der Waals surface area contributed by atoms with Gasteiger partial charge < -0.3 is 4.74 Å². The second kappa shape index (κ2) is 4.84. The van der Waals surface area contributed by atoms with Crippen molar-refractivity contribution in [1.82, 2.24) is 0 Å². The minimum Gasteiger partial charge on any atom is -0.466 e. The molecule has 0 N–H and O–H groups in total. The second-order valence-electron chi connectivity index (χ2n) is 1.69. The molecule has 0 saturated heterocycles. The molecule has 0 unspecified atom stereocenters. The van der Waals surface area contributed by atoms with Crippen molar-refractivity contribution in [3.8, 4) is 0 Å². The van der Waals surface area contributed by atoms with Gasteiger partial charge >= 0.3 is 5.97 Å². The van der Waals surface area contributed by atoms with Crippen LogP contribution < -0.4 is 0 Å². The van der Waals surface area contributed by atoms with Crippen LogP contribution in [0, 0.1) is 0 Å². The molecule has 0 fully saturated rings. The summed E-state index contributed by atoms with van der Waals surface area (Å²) in [5.41, 5.74) is 0. The van der Waals surface area contributed by atoms with Gasteiger partial charge in [0.25, 0.3) is 0 Å². The number of ether oxygens (including phenoxy) is 1. The summed E-state index contributed by atoms with van der Waals surface area (Å²) in [5.74, 6) is -0.167. The lowest BCUT2D eigenvalue weighted by molar-refractivity contribution is -0.140. The monoisotopic (exact) mass is 132 g/mol. The number of hydrogen-bond acceptors (Lipinski definition) is 2. The molecule has 0 aromatic heterocycles. The van der Waals surface area contributed by atoms with E-state index in [1.54, 1.807) is 0 Å². The molecule has 0 aliphatic rings. The zero-order valence-electron chi connectivity index (χ0n) is 5.44. The van der Waals surface area contributed by atoms with Gasteiger partial charge in [0, 0.05) is 17.2 Å². The number of carbonyl (C=O) groups is 1. The highest BCUT2D eigenvalue weighted by Crippen LogP contribution is 1.85. The summed E-state index contributed by atoms with van der Waals surface area (Å²) in [7, 11) is 1.21. The van der Waals surface area contributed by atoms with E-state index in [0.29, 0.717) is 6.61 Å². The number of carbonyl (C=O) groups excluding carboxylic acids is 1. The molecule has 0 spiro atoms. The van der Waals surface area contributed by atoms with E-state index in [1.807, 2.05) is 0 Å². The fourth-order valence-corrected chi connectivity index (χ4v) is 0.649.